The van der Waals surface area contributed by atoms with Crippen molar-refractivity contribution in [3.05, 3.63) is 35.1 Å². The quantitative estimate of drug-likeness (QED) is 0.831. The average Bonchev–Trinajstić information content (AvgIpc) is 2.36. The van der Waals surface area contributed by atoms with Crippen molar-refractivity contribution in [3.63, 3.8) is 0 Å². The van der Waals surface area contributed by atoms with Crippen molar-refractivity contribution >= 4 is 5.91 Å². The second kappa shape index (κ2) is 7.06. The summed E-state index contributed by atoms with van der Waals surface area (Å²) < 4.78 is 13.7. The molecule has 0 aliphatic carbocycles. The first kappa shape index (κ1) is 16.2. The summed E-state index contributed by atoms with van der Waals surface area (Å²) in [7, 11) is 0. The Morgan fingerprint density at radius 1 is 1.45 bits per heavy atom. The summed E-state index contributed by atoms with van der Waals surface area (Å²) >= 11 is 0. The summed E-state index contributed by atoms with van der Waals surface area (Å²) in [5.74, 6) is 4.10. The molecule has 108 valence electrons. The van der Waals surface area contributed by atoms with Gasteiger partial charge in [-0.1, -0.05) is 25.2 Å². The summed E-state index contributed by atoms with van der Waals surface area (Å²) in [5, 5.41) is 11.5. The molecule has 0 spiro atoms. The zero-order chi connectivity index (χ0) is 15.2. The second-order valence-electron chi connectivity index (χ2n) is 5.24. The maximum Gasteiger partial charge on any atom is 0.254 e. The van der Waals surface area contributed by atoms with Crippen molar-refractivity contribution in [1.82, 2.24) is 5.32 Å². The van der Waals surface area contributed by atoms with Gasteiger partial charge in [-0.2, -0.15) is 0 Å². The lowest BCUT2D eigenvalue weighted by Crippen LogP contribution is -2.43. The Balaban J connectivity index is 2.97. The van der Waals surface area contributed by atoms with E-state index >= 15 is 0 Å². The number of hydrogen-bond donors (Lipinski definition) is 2. The van der Waals surface area contributed by atoms with Crippen molar-refractivity contribution in [2.75, 3.05) is 6.61 Å². The first-order valence-corrected chi connectivity index (χ1v) is 6.61. The second-order valence-corrected chi connectivity index (χ2v) is 5.24. The largest absolute Gasteiger partial charge is 0.384 e. The van der Waals surface area contributed by atoms with Gasteiger partial charge in [-0.3, -0.25) is 4.79 Å². The van der Waals surface area contributed by atoms with Crippen LogP contribution in [0.5, 0.6) is 0 Å². The molecule has 1 aromatic carbocycles. The molecule has 0 aromatic heterocycles. The van der Waals surface area contributed by atoms with Crippen LogP contribution in [0.3, 0.4) is 0 Å². The van der Waals surface area contributed by atoms with Crippen LogP contribution in [-0.4, -0.2) is 23.2 Å². The van der Waals surface area contributed by atoms with E-state index in [0.29, 0.717) is 5.56 Å². The maximum absolute atomic E-state index is 13.7. The Morgan fingerprint density at radius 2 is 2.15 bits per heavy atom. The molecular formula is C16H20FNO2. The molecule has 0 radical (unpaired) electrons. The Bertz CT molecular complexity index is 541. The number of hydrogen-bond acceptors (Lipinski definition) is 2. The molecule has 0 aliphatic heterocycles. The van der Waals surface area contributed by atoms with Gasteiger partial charge >= 0.3 is 0 Å². The molecule has 3 nitrogen and oxygen atoms in total. The number of carbonyl (C=O) groups is 1. The minimum atomic E-state index is -0.579. The van der Waals surface area contributed by atoms with Crippen LogP contribution >= 0.6 is 0 Å². The third-order valence-electron chi connectivity index (χ3n) is 2.85. The first-order chi connectivity index (χ1) is 9.39. The molecule has 1 aromatic rings. The van der Waals surface area contributed by atoms with Crippen molar-refractivity contribution in [2.45, 2.75) is 39.2 Å². The lowest BCUT2D eigenvalue weighted by Gasteiger charge is -2.25. The van der Waals surface area contributed by atoms with Gasteiger partial charge < -0.3 is 10.4 Å². The molecule has 0 aliphatic rings. The highest BCUT2D eigenvalue weighted by atomic mass is 19.1. The molecule has 0 saturated heterocycles. The number of amides is 1. The summed E-state index contributed by atoms with van der Waals surface area (Å²) in [6.07, 6.45) is 1.74. The van der Waals surface area contributed by atoms with Crippen LogP contribution in [0.15, 0.2) is 18.2 Å². The Kier molecular flexibility index (Phi) is 5.72. The zero-order valence-electron chi connectivity index (χ0n) is 12.1. The fraction of sp³-hybridized carbons (Fsp3) is 0.438. The molecule has 2 N–H and O–H groups in total. The fourth-order valence-corrected chi connectivity index (χ4v) is 1.98. The molecular weight excluding hydrogens is 257 g/mol. The van der Waals surface area contributed by atoms with Crippen molar-refractivity contribution in [3.8, 4) is 11.8 Å². The van der Waals surface area contributed by atoms with Gasteiger partial charge in [-0.15, -0.1) is 0 Å². The van der Waals surface area contributed by atoms with Crippen LogP contribution in [0, 0.1) is 17.7 Å². The molecule has 0 atom stereocenters. The number of halogens is 1. The topological polar surface area (TPSA) is 49.3 Å². The van der Waals surface area contributed by atoms with Crippen LogP contribution in [0.25, 0.3) is 0 Å². The highest BCUT2D eigenvalue weighted by Crippen LogP contribution is 2.15. The smallest absolute Gasteiger partial charge is 0.254 e. The van der Waals surface area contributed by atoms with Gasteiger partial charge in [0.25, 0.3) is 5.91 Å². The molecule has 0 heterocycles. The standard InChI is InChI=1S/C16H20FNO2/c1-4-9-16(2,3)18-15(20)13-11-12(6-5-10-19)7-8-14(13)17/h7-8,11,19H,4,9-10H2,1-3H3,(H,18,20). The third-order valence-corrected chi connectivity index (χ3v) is 2.85. The van der Waals surface area contributed by atoms with Crippen LogP contribution in [0.2, 0.25) is 0 Å². The molecule has 1 amide bonds. The van der Waals surface area contributed by atoms with Gasteiger partial charge in [0.2, 0.25) is 0 Å². The predicted molar refractivity (Wildman–Crippen MR) is 76.8 cm³/mol. The molecule has 0 unspecified atom stereocenters. The molecule has 1 rings (SSSR count). The van der Waals surface area contributed by atoms with Crippen LogP contribution in [-0.2, 0) is 0 Å². The summed E-state index contributed by atoms with van der Waals surface area (Å²) in [6.45, 7) is 5.56. The molecule has 4 heteroatoms. The highest BCUT2D eigenvalue weighted by Gasteiger charge is 2.22. The number of aliphatic hydroxyl groups excluding tert-OH is 1. The number of rotatable bonds is 4. The highest BCUT2D eigenvalue weighted by molar-refractivity contribution is 5.95. The van der Waals surface area contributed by atoms with Crippen molar-refractivity contribution in [1.29, 1.82) is 0 Å². The monoisotopic (exact) mass is 277 g/mol. The number of aliphatic hydroxyl groups is 1. The summed E-state index contributed by atoms with van der Waals surface area (Å²) in [4.78, 5) is 12.1. The summed E-state index contributed by atoms with van der Waals surface area (Å²) in [6, 6.07) is 4.09. The van der Waals surface area contributed by atoms with Gasteiger partial charge in [0.1, 0.15) is 12.4 Å². The third kappa shape index (κ3) is 4.67. The normalized spacial score (nSPS) is 10.7. The van der Waals surface area contributed by atoms with Gasteiger partial charge in [0.15, 0.2) is 0 Å². The summed E-state index contributed by atoms with van der Waals surface area (Å²) in [5.41, 5.74) is 0.0863. The van der Waals surface area contributed by atoms with E-state index in [9.17, 15) is 9.18 Å². The maximum atomic E-state index is 13.7. The molecule has 0 saturated carbocycles. The van der Waals surface area contributed by atoms with E-state index in [2.05, 4.69) is 17.2 Å². The van der Waals surface area contributed by atoms with Gasteiger partial charge in [0, 0.05) is 11.1 Å². The minimum Gasteiger partial charge on any atom is -0.384 e. The van der Waals surface area contributed by atoms with Gasteiger partial charge in [-0.05, 0) is 38.5 Å². The van der Waals surface area contributed by atoms with E-state index in [1.165, 1.54) is 18.2 Å². The van der Waals surface area contributed by atoms with Crippen molar-refractivity contribution < 1.29 is 14.3 Å². The lowest BCUT2D eigenvalue weighted by molar-refractivity contribution is 0.0905. The van der Waals surface area contributed by atoms with E-state index < -0.39 is 11.7 Å². The Hall–Kier alpha value is -1.86. The minimum absolute atomic E-state index is 0.0288. The van der Waals surface area contributed by atoms with Crippen LogP contribution in [0.4, 0.5) is 4.39 Å². The van der Waals surface area contributed by atoms with Crippen LogP contribution in [0.1, 0.15) is 49.5 Å². The number of nitrogens with one attached hydrogen (secondary N) is 1. The predicted octanol–water partition coefficient (Wildman–Crippen LogP) is 2.48. The number of carbonyl (C=O) groups excluding carboxylic acids is 1. The SMILES string of the molecule is CCCC(C)(C)NC(=O)c1cc(C#CCO)ccc1F. The number of benzene rings is 1. The van der Waals surface area contributed by atoms with Crippen LogP contribution < -0.4 is 5.32 Å². The molecule has 0 bridgehead atoms. The Morgan fingerprint density at radius 3 is 2.75 bits per heavy atom. The van der Waals surface area contributed by atoms with E-state index in [1.807, 2.05) is 20.8 Å². The Labute approximate surface area is 119 Å². The van der Waals surface area contributed by atoms with Gasteiger partial charge in [-0.25, -0.2) is 4.39 Å². The molecule has 0 fully saturated rings. The van der Waals surface area contributed by atoms with Crippen molar-refractivity contribution in [2.24, 2.45) is 0 Å². The zero-order valence-corrected chi connectivity index (χ0v) is 12.1. The first-order valence-electron chi connectivity index (χ1n) is 6.61. The average molecular weight is 277 g/mol. The van der Waals surface area contributed by atoms with Gasteiger partial charge in [0.05, 0.1) is 5.56 Å². The van der Waals surface area contributed by atoms with E-state index in [4.69, 9.17) is 5.11 Å². The lowest BCUT2D eigenvalue weighted by atomic mass is 9.98. The fourth-order valence-electron chi connectivity index (χ4n) is 1.98. The van der Waals surface area contributed by atoms with E-state index in [1.54, 1.807) is 0 Å². The molecule has 20 heavy (non-hydrogen) atoms. The van der Waals surface area contributed by atoms with E-state index in [0.717, 1.165) is 12.8 Å². The van der Waals surface area contributed by atoms with E-state index in [-0.39, 0.29) is 17.7 Å².